The SMILES string of the molecule is c1ccc(N=C(NNc2ccccc2)N2CCCCC2)cc1. The molecule has 2 aromatic rings. The van der Waals surface area contributed by atoms with Crippen molar-refractivity contribution in [2.75, 3.05) is 18.5 Å². The van der Waals surface area contributed by atoms with Gasteiger partial charge < -0.3 is 4.90 Å². The molecule has 1 saturated heterocycles. The first kappa shape index (κ1) is 14.4. The highest BCUT2D eigenvalue weighted by Crippen LogP contribution is 2.14. The zero-order valence-electron chi connectivity index (χ0n) is 12.7. The lowest BCUT2D eigenvalue weighted by atomic mass is 10.1. The third-order valence-corrected chi connectivity index (χ3v) is 3.74. The van der Waals surface area contributed by atoms with Crippen molar-refractivity contribution >= 4 is 17.3 Å². The molecule has 0 aromatic heterocycles. The molecule has 0 atom stereocenters. The van der Waals surface area contributed by atoms with E-state index in [-0.39, 0.29) is 0 Å². The van der Waals surface area contributed by atoms with Gasteiger partial charge in [0.2, 0.25) is 5.96 Å². The van der Waals surface area contributed by atoms with Gasteiger partial charge in [-0.25, -0.2) is 4.99 Å². The summed E-state index contributed by atoms with van der Waals surface area (Å²) in [6.07, 6.45) is 3.75. The number of nitrogens with one attached hydrogen (secondary N) is 2. The lowest BCUT2D eigenvalue weighted by Gasteiger charge is -2.30. The molecule has 22 heavy (non-hydrogen) atoms. The Balaban J connectivity index is 1.75. The van der Waals surface area contributed by atoms with E-state index in [1.165, 1.54) is 19.3 Å². The van der Waals surface area contributed by atoms with Crippen LogP contribution in [-0.2, 0) is 0 Å². The van der Waals surface area contributed by atoms with E-state index in [1.54, 1.807) is 0 Å². The maximum Gasteiger partial charge on any atom is 0.218 e. The molecule has 2 N–H and O–H groups in total. The lowest BCUT2D eigenvalue weighted by Crippen LogP contribution is -2.46. The van der Waals surface area contributed by atoms with Crippen LogP contribution >= 0.6 is 0 Å². The fourth-order valence-electron chi connectivity index (χ4n) is 2.56. The molecule has 1 aliphatic heterocycles. The van der Waals surface area contributed by atoms with Gasteiger partial charge in [-0.3, -0.25) is 10.9 Å². The molecule has 1 aliphatic rings. The number of rotatable bonds is 3. The van der Waals surface area contributed by atoms with Gasteiger partial charge in [-0.05, 0) is 43.5 Å². The van der Waals surface area contributed by atoms with E-state index in [9.17, 15) is 0 Å². The largest absolute Gasteiger partial charge is 0.341 e. The molecular formula is C18H22N4. The molecule has 0 spiro atoms. The van der Waals surface area contributed by atoms with Gasteiger partial charge in [-0.15, -0.1) is 0 Å². The molecule has 0 bridgehead atoms. The van der Waals surface area contributed by atoms with Crippen molar-refractivity contribution in [2.24, 2.45) is 4.99 Å². The van der Waals surface area contributed by atoms with Crippen molar-refractivity contribution in [3.8, 4) is 0 Å². The number of para-hydroxylation sites is 2. The number of guanidine groups is 1. The number of likely N-dealkylation sites (tertiary alicyclic amines) is 1. The topological polar surface area (TPSA) is 39.7 Å². The van der Waals surface area contributed by atoms with Gasteiger partial charge in [0.25, 0.3) is 0 Å². The van der Waals surface area contributed by atoms with Gasteiger partial charge in [0, 0.05) is 13.1 Å². The minimum Gasteiger partial charge on any atom is -0.341 e. The minimum atomic E-state index is 0.884. The van der Waals surface area contributed by atoms with Gasteiger partial charge in [-0.1, -0.05) is 36.4 Å². The van der Waals surface area contributed by atoms with E-state index < -0.39 is 0 Å². The second kappa shape index (κ2) is 7.50. The quantitative estimate of drug-likeness (QED) is 0.514. The number of hydrazine groups is 1. The molecular weight excluding hydrogens is 272 g/mol. The van der Waals surface area contributed by atoms with E-state index in [0.29, 0.717) is 0 Å². The molecule has 1 heterocycles. The van der Waals surface area contributed by atoms with Crippen molar-refractivity contribution in [1.82, 2.24) is 10.3 Å². The smallest absolute Gasteiger partial charge is 0.218 e. The zero-order valence-corrected chi connectivity index (χ0v) is 12.7. The fraction of sp³-hybridized carbons (Fsp3) is 0.278. The second-order valence-corrected chi connectivity index (χ2v) is 5.43. The van der Waals surface area contributed by atoms with E-state index in [2.05, 4.69) is 15.8 Å². The minimum absolute atomic E-state index is 0.884. The standard InChI is InChI=1S/C18H22N4/c1-4-10-16(11-5-1)19-18(22-14-8-3-9-15-22)21-20-17-12-6-2-7-13-17/h1-2,4-7,10-13,20H,3,8-9,14-15H2,(H,19,21). The molecule has 4 heteroatoms. The summed E-state index contributed by atoms with van der Waals surface area (Å²) in [4.78, 5) is 7.08. The number of benzene rings is 2. The zero-order chi connectivity index (χ0) is 15.0. The molecule has 0 aliphatic carbocycles. The normalized spacial score (nSPS) is 15.5. The van der Waals surface area contributed by atoms with Gasteiger partial charge in [0.15, 0.2) is 0 Å². The van der Waals surface area contributed by atoms with Crippen LogP contribution < -0.4 is 10.9 Å². The Morgan fingerprint density at radius 3 is 2.14 bits per heavy atom. The Morgan fingerprint density at radius 2 is 1.45 bits per heavy atom. The second-order valence-electron chi connectivity index (χ2n) is 5.43. The summed E-state index contributed by atoms with van der Waals surface area (Å²) >= 11 is 0. The number of anilines is 1. The van der Waals surface area contributed by atoms with Crippen LogP contribution in [0.2, 0.25) is 0 Å². The summed E-state index contributed by atoms with van der Waals surface area (Å²) in [6, 6.07) is 20.2. The number of hydrogen-bond donors (Lipinski definition) is 2. The van der Waals surface area contributed by atoms with Crippen molar-refractivity contribution in [2.45, 2.75) is 19.3 Å². The Hall–Kier alpha value is -2.49. The van der Waals surface area contributed by atoms with Crippen LogP contribution in [0.15, 0.2) is 65.7 Å². The predicted octanol–water partition coefficient (Wildman–Crippen LogP) is 3.78. The summed E-state index contributed by atoms with van der Waals surface area (Å²) < 4.78 is 0. The fourth-order valence-corrected chi connectivity index (χ4v) is 2.56. The van der Waals surface area contributed by atoms with Crippen molar-refractivity contribution < 1.29 is 0 Å². The maximum atomic E-state index is 4.77. The van der Waals surface area contributed by atoms with Crippen LogP contribution in [-0.4, -0.2) is 23.9 Å². The first-order valence-electron chi connectivity index (χ1n) is 7.87. The summed E-state index contributed by atoms with van der Waals surface area (Å²) in [7, 11) is 0. The van der Waals surface area contributed by atoms with Gasteiger partial charge in [0.1, 0.15) is 0 Å². The van der Waals surface area contributed by atoms with Crippen LogP contribution in [0.3, 0.4) is 0 Å². The highest BCUT2D eigenvalue weighted by molar-refractivity contribution is 5.84. The summed E-state index contributed by atoms with van der Waals surface area (Å²) in [6.45, 7) is 2.10. The van der Waals surface area contributed by atoms with Crippen LogP contribution in [0, 0.1) is 0 Å². The first-order chi connectivity index (χ1) is 10.9. The number of piperidine rings is 1. The Bertz CT molecular complexity index is 589. The Morgan fingerprint density at radius 1 is 0.818 bits per heavy atom. The van der Waals surface area contributed by atoms with E-state index in [1.807, 2.05) is 60.7 Å². The summed E-state index contributed by atoms with van der Waals surface area (Å²) in [5.41, 5.74) is 8.51. The molecule has 1 fully saturated rings. The summed E-state index contributed by atoms with van der Waals surface area (Å²) in [5, 5.41) is 0. The lowest BCUT2D eigenvalue weighted by molar-refractivity contribution is 0.334. The van der Waals surface area contributed by atoms with Gasteiger partial charge in [-0.2, -0.15) is 0 Å². The molecule has 0 amide bonds. The number of aliphatic imine (C=N–C) groups is 1. The van der Waals surface area contributed by atoms with Gasteiger partial charge >= 0.3 is 0 Å². The summed E-state index contributed by atoms with van der Waals surface area (Å²) in [5.74, 6) is 0.884. The average Bonchev–Trinajstić information content (AvgIpc) is 2.61. The first-order valence-corrected chi connectivity index (χ1v) is 7.87. The molecule has 3 rings (SSSR count). The number of hydrogen-bond acceptors (Lipinski definition) is 2. The molecule has 0 saturated carbocycles. The van der Waals surface area contributed by atoms with E-state index >= 15 is 0 Å². The van der Waals surface area contributed by atoms with Gasteiger partial charge in [0.05, 0.1) is 11.4 Å². The maximum absolute atomic E-state index is 4.77. The molecule has 0 unspecified atom stereocenters. The third kappa shape index (κ3) is 4.01. The van der Waals surface area contributed by atoms with E-state index in [4.69, 9.17) is 4.99 Å². The van der Waals surface area contributed by atoms with Crippen LogP contribution in [0.5, 0.6) is 0 Å². The van der Waals surface area contributed by atoms with Crippen molar-refractivity contribution in [3.63, 3.8) is 0 Å². The molecule has 114 valence electrons. The third-order valence-electron chi connectivity index (χ3n) is 3.74. The van der Waals surface area contributed by atoms with Crippen molar-refractivity contribution in [3.05, 3.63) is 60.7 Å². The van der Waals surface area contributed by atoms with Crippen LogP contribution in [0.25, 0.3) is 0 Å². The van der Waals surface area contributed by atoms with Crippen molar-refractivity contribution in [1.29, 1.82) is 0 Å². The average molecular weight is 294 g/mol. The number of nitrogens with zero attached hydrogens (tertiary/aromatic N) is 2. The molecule has 0 radical (unpaired) electrons. The van der Waals surface area contributed by atoms with E-state index in [0.717, 1.165) is 30.4 Å². The Labute approximate surface area is 131 Å². The molecule has 2 aromatic carbocycles. The highest BCUT2D eigenvalue weighted by atomic mass is 15.5. The van der Waals surface area contributed by atoms with Crippen LogP contribution in [0.4, 0.5) is 11.4 Å². The Kier molecular flexibility index (Phi) is 4.92. The van der Waals surface area contributed by atoms with Crippen LogP contribution in [0.1, 0.15) is 19.3 Å². The predicted molar refractivity (Wildman–Crippen MR) is 92.2 cm³/mol. The highest BCUT2D eigenvalue weighted by Gasteiger charge is 2.14. The monoisotopic (exact) mass is 294 g/mol. The molecule has 4 nitrogen and oxygen atoms in total.